The number of aromatic nitrogens is 3. The molecule has 2 atom stereocenters. The summed E-state index contributed by atoms with van der Waals surface area (Å²) in [5.41, 5.74) is 6.47. The molecule has 5 rings (SSSR count). The fraction of sp³-hybridized carbons (Fsp3) is 0.222. The van der Waals surface area contributed by atoms with Crippen LogP contribution in [-0.2, 0) is 0 Å². The Morgan fingerprint density at radius 2 is 1.76 bits per heavy atom. The molecule has 0 bridgehead atoms. The molecule has 1 N–H and O–H groups in total. The predicted octanol–water partition coefficient (Wildman–Crippen LogP) is 5.38. The molecular formula is C27H27N5OS. The van der Waals surface area contributed by atoms with Crippen molar-refractivity contribution in [3.8, 4) is 11.6 Å². The van der Waals surface area contributed by atoms with Gasteiger partial charge in [0.05, 0.1) is 24.9 Å². The Morgan fingerprint density at radius 1 is 0.941 bits per heavy atom. The van der Waals surface area contributed by atoms with E-state index >= 15 is 0 Å². The van der Waals surface area contributed by atoms with Crippen molar-refractivity contribution in [2.24, 2.45) is 0 Å². The molecule has 0 radical (unpaired) electrons. The van der Waals surface area contributed by atoms with Gasteiger partial charge in [-0.15, -0.1) is 0 Å². The summed E-state index contributed by atoms with van der Waals surface area (Å²) in [6, 6.07) is 20.1. The molecule has 0 saturated carbocycles. The number of anilines is 1. The van der Waals surface area contributed by atoms with Crippen molar-refractivity contribution < 1.29 is 4.74 Å². The molecule has 0 amide bonds. The number of hydrogen-bond donors (Lipinski definition) is 1. The van der Waals surface area contributed by atoms with Gasteiger partial charge in [0, 0.05) is 35.5 Å². The fourth-order valence-electron chi connectivity index (χ4n) is 4.83. The normalized spacial score (nSPS) is 17.6. The summed E-state index contributed by atoms with van der Waals surface area (Å²) in [4.78, 5) is 11.5. The smallest absolute Gasteiger partial charge is 0.174 e. The van der Waals surface area contributed by atoms with Crippen LogP contribution in [-0.4, -0.2) is 26.8 Å². The van der Waals surface area contributed by atoms with Gasteiger partial charge in [-0.1, -0.05) is 18.2 Å². The highest BCUT2D eigenvalue weighted by Crippen LogP contribution is 2.44. The van der Waals surface area contributed by atoms with Gasteiger partial charge in [0.1, 0.15) is 11.6 Å². The summed E-state index contributed by atoms with van der Waals surface area (Å²) < 4.78 is 7.73. The topological polar surface area (TPSA) is 55.2 Å². The molecule has 4 heterocycles. The van der Waals surface area contributed by atoms with Crippen LogP contribution in [0.4, 0.5) is 5.69 Å². The van der Waals surface area contributed by atoms with Crippen LogP contribution in [0.2, 0.25) is 0 Å². The summed E-state index contributed by atoms with van der Waals surface area (Å²) in [6.07, 6.45) is 3.66. The fourth-order valence-corrected chi connectivity index (χ4v) is 5.18. The third-order valence-corrected chi connectivity index (χ3v) is 6.73. The summed E-state index contributed by atoms with van der Waals surface area (Å²) in [6.45, 7) is 6.36. The number of rotatable bonds is 5. The van der Waals surface area contributed by atoms with Crippen molar-refractivity contribution in [1.82, 2.24) is 19.9 Å². The maximum Gasteiger partial charge on any atom is 0.174 e. The van der Waals surface area contributed by atoms with E-state index in [-0.39, 0.29) is 12.1 Å². The molecule has 1 aromatic carbocycles. The van der Waals surface area contributed by atoms with Gasteiger partial charge >= 0.3 is 0 Å². The minimum atomic E-state index is -0.112. The lowest BCUT2D eigenvalue weighted by atomic mass is 9.96. The number of pyridine rings is 2. The van der Waals surface area contributed by atoms with Crippen LogP contribution in [0.3, 0.4) is 0 Å². The number of aryl methyl sites for hydroxylation is 2. The summed E-state index contributed by atoms with van der Waals surface area (Å²) in [5.74, 6) is 1.73. The standard InChI is InChI=1S/C27H27N5OS/c1-17-9-8-14-29-26(17)31-18(2)15-22(19(31)3)25-24(23-12-5-6-13-28-23)30-27(34)32(25)20-10-7-11-21(16-20)33-4/h5-16,24-25H,1-4H3,(H,30,34). The van der Waals surface area contributed by atoms with E-state index < -0.39 is 0 Å². The van der Waals surface area contributed by atoms with Crippen molar-refractivity contribution in [1.29, 1.82) is 0 Å². The van der Waals surface area contributed by atoms with Crippen LogP contribution in [0.1, 0.15) is 40.3 Å². The number of nitrogens with zero attached hydrogens (tertiary/aromatic N) is 4. The number of hydrogen-bond acceptors (Lipinski definition) is 4. The van der Waals surface area contributed by atoms with Crippen LogP contribution in [0.5, 0.6) is 5.75 Å². The highest BCUT2D eigenvalue weighted by atomic mass is 32.1. The average molecular weight is 470 g/mol. The zero-order chi connectivity index (χ0) is 23.8. The SMILES string of the molecule is COc1cccc(N2C(=S)NC(c3ccccn3)C2c2cc(C)n(-c3ncccc3C)c2C)c1. The second-order valence-corrected chi connectivity index (χ2v) is 8.89. The quantitative estimate of drug-likeness (QED) is 0.396. The van der Waals surface area contributed by atoms with Crippen LogP contribution < -0.4 is 15.0 Å². The Kier molecular flexibility index (Phi) is 5.79. The van der Waals surface area contributed by atoms with Gasteiger partial charge in [0.2, 0.25) is 0 Å². The van der Waals surface area contributed by atoms with Crippen molar-refractivity contribution in [2.75, 3.05) is 12.0 Å². The second-order valence-electron chi connectivity index (χ2n) is 8.50. The van der Waals surface area contributed by atoms with Gasteiger partial charge in [-0.25, -0.2) is 4.98 Å². The Morgan fingerprint density at radius 3 is 2.50 bits per heavy atom. The third-order valence-electron chi connectivity index (χ3n) is 6.41. The molecule has 6 nitrogen and oxygen atoms in total. The lowest BCUT2D eigenvalue weighted by Crippen LogP contribution is -2.29. The molecule has 2 unspecified atom stereocenters. The summed E-state index contributed by atoms with van der Waals surface area (Å²) >= 11 is 5.88. The third kappa shape index (κ3) is 3.72. The van der Waals surface area contributed by atoms with E-state index in [1.165, 1.54) is 5.56 Å². The maximum absolute atomic E-state index is 5.88. The Labute approximate surface area is 205 Å². The van der Waals surface area contributed by atoms with Crippen molar-refractivity contribution in [3.05, 3.63) is 101 Å². The van der Waals surface area contributed by atoms with Crippen molar-refractivity contribution in [2.45, 2.75) is 32.9 Å². The minimum Gasteiger partial charge on any atom is -0.497 e. The molecule has 1 saturated heterocycles. The molecule has 3 aromatic heterocycles. The first-order chi connectivity index (χ1) is 16.5. The van der Waals surface area contributed by atoms with Crippen LogP contribution in [0.15, 0.2) is 73.1 Å². The molecule has 7 heteroatoms. The maximum atomic E-state index is 5.88. The molecule has 1 fully saturated rings. The van der Waals surface area contributed by atoms with E-state index in [0.29, 0.717) is 5.11 Å². The minimum absolute atomic E-state index is 0.0986. The number of thiocarbonyl (C=S) groups is 1. The number of benzene rings is 1. The zero-order valence-electron chi connectivity index (χ0n) is 19.7. The van der Waals surface area contributed by atoms with Crippen molar-refractivity contribution >= 4 is 23.0 Å². The lowest BCUT2D eigenvalue weighted by molar-refractivity contribution is 0.415. The second kappa shape index (κ2) is 8.91. The van der Waals surface area contributed by atoms with E-state index in [9.17, 15) is 0 Å². The van der Waals surface area contributed by atoms with E-state index in [1.54, 1.807) is 7.11 Å². The van der Waals surface area contributed by atoms with Crippen LogP contribution >= 0.6 is 12.2 Å². The zero-order valence-corrected chi connectivity index (χ0v) is 20.5. The van der Waals surface area contributed by atoms with Gasteiger partial charge in [-0.05, 0) is 80.5 Å². The van der Waals surface area contributed by atoms with E-state index in [2.05, 4.69) is 63.7 Å². The van der Waals surface area contributed by atoms with Gasteiger partial charge in [0.25, 0.3) is 0 Å². The van der Waals surface area contributed by atoms with Gasteiger partial charge < -0.3 is 19.5 Å². The molecule has 1 aliphatic rings. The first kappa shape index (κ1) is 22.1. The number of ether oxygens (including phenoxy) is 1. The molecule has 0 spiro atoms. The molecule has 34 heavy (non-hydrogen) atoms. The van der Waals surface area contributed by atoms with Crippen LogP contribution in [0, 0.1) is 20.8 Å². The number of methoxy groups -OCH3 is 1. The summed E-state index contributed by atoms with van der Waals surface area (Å²) in [5, 5.41) is 4.20. The van der Waals surface area contributed by atoms with E-state index in [1.807, 2.05) is 54.9 Å². The van der Waals surface area contributed by atoms with Gasteiger partial charge in [-0.2, -0.15) is 0 Å². The molecular weight excluding hydrogens is 442 g/mol. The van der Waals surface area contributed by atoms with Crippen molar-refractivity contribution in [3.63, 3.8) is 0 Å². The Balaban J connectivity index is 1.70. The molecule has 1 aliphatic heterocycles. The monoisotopic (exact) mass is 469 g/mol. The van der Waals surface area contributed by atoms with E-state index in [4.69, 9.17) is 17.0 Å². The molecule has 172 valence electrons. The predicted molar refractivity (Wildman–Crippen MR) is 139 cm³/mol. The Hall–Kier alpha value is -3.71. The van der Waals surface area contributed by atoms with Gasteiger partial charge in [0.15, 0.2) is 5.11 Å². The first-order valence-electron chi connectivity index (χ1n) is 11.2. The van der Waals surface area contributed by atoms with Gasteiger partial charge in [-0.3, -0.25) is 4.98 Å². The highest BCUT2D eigenvalue weighted by molar-refractivity contribution is 7.80. The highest BCUT2D eigenvalue weighted by Gasteiger charge is 2.42. The van der Waals surface area contributed by atoms with E-state index in [0.717, 1.165) is 39.9 Å². The molecule has 0 aliphatic carbocycles. The Bertz CT molecular complexity index is 1350. The number of nitrogens with one attached hydrogen (secondary N) is 1. The molecule has 4 aromatic rings. The lowest BCUT2D eigenvalue weighted by Gasteiger charge is -2.28. The average Bonchev–Trinajstić information content (AvgIpc) is 3.35. The summed E-state index contributed by atoms with van der Waals surface area (Å²) in [7, 11) is 1.68. The largest absolute Gasteiger partial charge is 0.497 e. The first-order valence-corrected chi connectivity index (χ1v) is 11.7. The van der Waals surface area contributed by atoms with Crippen LogP contribution in [0.25, 0.3) is 5.82 Å².